The molecule has 0 fully saturated rings. The van der Waals surface area contributed by atoms with E-state index in [4.69, 9.17) is 5.26 Å². The first-order valence-electron chi connectivity index (χ1n) is 7.92. The third kappa shape index (κ3) is 4.62. The van der Waals surface area contributed by atoms with Gasteiger partial charge in [-0.15, -0.1) is 0 Å². The summed E-state index contributed by atoms with van der Waals surface area (Å²) in [6.07, 6.45) is 3.09. The highest BCUT2D eigenvalue weighted by atomic mass is 32.2. The summed E-state index contributed by atoms with van der Waals surface area (Å²) in [5, 5.41) is 8.84. The minimum absolute atomic E-state index is 0.0100. The zero-order chi connectivity index (χ0) is 18.6. The van der Waals surface area contributed by atoms with Crippen molar-refractivity contribution in [3.8, 4) is 17.2 Å². The molecule has 25 heavy (non-hydrogen) atoms. The smallest absolute Gasteiger partial charge is 0.211 e. The van der Waals surface area contributed by atoms with Crippen molar-refractivity contribution in [2.75, 3.05) is 5.75 Å². The molecule has 2 aromatic rings. The van der Waals surface area contributed by atoms with Crippen molar-refractivity contribution < 1.29 is 12.8 Å². The number of rotatable bonds is 6. The Balaban J connectivity index is 2.45. The molecule has 1 aromatic carbocycles. The van der Waals surface area contributed by atoms with Crippen LogP contribution in [0.5, 0.6) is 0 Å². The van der Waals surface area contributed by atoms with Gasteiger partial charge < -0.3 is 0 Å². The SMILES string of the molecule is CCS(=O)(=O)NC(c1cncc(-c2ccc(C#N)cc2F)c1)C(C)C. The van der Waals surface area contributed by atoms with E-state index in [1.165, 1.54) is 24.4 Å². The monoisotopic (exact) mass is 361 g/mol. The number of benzene rings is 1. The average Bonchev–Trinajstić information content (AvgIpc) is 2.59. The molecule has 0 aliphatic rings. The normalized spacial score (nSPS) is 12.8. The van der Waals surface area contributed by atoms with Crippen molar-refractivity contribution >= 4 is 10.0 Å². The van der Waals surface area contributed by atoms with Crippen molar-refractivity contribution in [2.24, 2.45) is 5.92 Å². The summed E-state index contributed by atoms with van der Waals surface area (Å²) >= 11 is 0. The number of sulfonamides is 1. The number of nitrogens with zero attached hydrogens (tertiary/aromatic N) is 2. The Labute approximate surface area is 147 Å². The van der Waals surface area contributed by atoms with Gasteiger partial charge in [0.05, 0.1) is 23.4 Å². The van der Waals surface area contributed by atoms with Crippen molar-refractivity contribution in [2.45, 2.75) is 26.8 Å². The third-order valence-electron chi connectivity index (χ3n) is 3.88. The Morgan fingerprint density at radius 3 is 2.56 bits per heavy atom. The fraction of sp³-hybridized carbons (Fsp3) is 0.333. The van der Waals surface area contributed by atoms with Crippen LogP contribution in [0, 0.1) is 23.1 Å². The Morgan fingerprint density at radius 2 is 2.00 bits per heavy atom. The molecule has 1 aromatic heterocycles. The van der Waals surface area contributed by atoms with Gasteiger partial charge in [0.25, 0.3) is 0 Å². The molecule has 132 valence electrons. The first-order valence-corrected chi connectivity index (χ1v) is 9.57. The summed E-state index contributed by atoms with van der Waals surface area (Å²) < 4.78 is 40.8. The average molecular weight is 361 g/mol. The van der Waals surface area contributed by atoms with Crippen molar-refractivity contribution in [3.63, 3.8) is 0 Å². The van der Waals surface area contributed by atoms with E-state index in [2.05, 4.69) is 9.71 Å². The second-order valence-corrected chi connectivity index (χ2v) is 8.10. The van der Waals surface area contributed by atoms with Gasteiger partial charge in [0, 0.05) is 23.5 Å². The van der Waals surface area contributed by atoms with Gasteiger partial charge in [0.1, 0.15) is 5.82 Å². The molecule has 0 spiro atoms. The summed E-state index contributed by atoms with van der Waals surface area (Å²) in [7, 11) is -3.39. The lowest BCUT2D eigenvalue weighted by molar-refractivity contribution is 0.462. The van der Waals surface area contributed by atoms with Gasteiger partial charge in [-0.3, -0.25) is 4.98 Å². The fourth-order valence-electron chi connectivity index (χ4n) is 2.46. The standard InChI is InChI=1S/C18H20FN3O2S/c1-4-25(23,24)22-18(12(2)3)15-8-14(10-21-11-15)16-6-5-13(9-20)7-17(16)19/h5-8,10-12,18,22H,4H2,1-3H3. The number of nitrogens with one attached hydrogen (secondary N) is 1. The molecule has 1 heterocycles. The molecule has 1 atom stereocenters. The summed E-state index contributed by atoms with van der Waals surface area (Å²) in [6, 6.07) is 7.38. The molecule has 7 heteroatoms. The second-order valence-electron chi connectivity index (χ2n) is 6.06. The quantitative estimate of drug-likeness (QED) is 0.855. The van der Waals surface area contributed by atoms with E-state index in [0.717, 1.165) is 0 Å². The van der Waals surface area contributed by atoms with Crippen LogP contribution in [-0.2, 0) is 10.0 Å². The van der Waals surface area contributed by atoms with Gasteiger partial charge in [-0.05, 0) is 36.6 Å². The molecular formula is C18H20FN3O2S. The molecule has 0 aliphatic carbocycles. The van der Waals surface area contributed by atoms with Crippen molar-refractivity contribution in [1.82, 2.24) is 9.71 Å². The first kappa shape index (κ1) is 19.0. The van der Waals surface area contributed by atoms with Crippen LogP contribution in [-0.4, -0.2) is 19.2 Å². The molecule has 1 unspecified atom stereocenters. The van der Waals surface area contributed by atoms with Crippen LogP contribution in [0.1, 0.15) is 37.9 Å². The molecule has 2 rings (SSSR count). The van der Waals surface area contributed by atoms with Crippen LogP contribution in [0.15, 0.2) is 36.7 Å². The van der Waals surface area contributed by atoms with Crippen LogP contribution >= 0.6 is 0 Å². The van der Waals surface area contributed by atoms with Crippen LogP contribution < -0.4 is 4.72 Å². The minimum atomic E-state index is -3.39. The lowest BCUT2D eigenvalue weighted by atomic mass is 9.95. The van der Waals surface area contributed by atoms with E-state index in [9.17, 15) is 12.8 Å². The number of hydrogen-bond acceptors (Lipinski definition) is 4. The summed E-state index contributed by atoms with van der Waals surface area (Å²) in [5.74, 6) is -0.550. The van der Waals surface area contributed by atoms with Crippen molar-refractivity contribution in [1.29, 1.82) is 5.26 Å². The zero-order valence-corrected chi connectivity index (χ0v) is 15.1. The predicted molar refractivity (Wildman–Crippen MR) is 94.5 cm³/mol. The summed E-state index contributed by atoms with van der Waals surface area (Å²) in [5.41, 5.74) is 1.74. The van der Waals surface area contributed by atoms with E-state index in [1.54, 1.807) is 19.2 Å². The third-order valence-corrected chi connectivity index (χ3v) is 5.25. The maximum Gasteiger partial charge on any atom is 0.211 e. The second kappa shape index (κ2) is 7.72. The Bertz CT molecular complexity index is 905. The van der Waals surface area contributed by atoms with Gasteiger partial charge >= 0.3 is 0 Å². The largest absolute Gasteiger partial charge is 0.264 e. The Hall–Kier alpha value is -2.30. The molecule has 0 saturated carbocycles. The van der Waals surface area contributed by atoms with Crippen LogP contribution in [0.2, 0.25) is 0 Å². The van der Waals surface area contributed by atoms with E-state index in [1.807, 2.05) is 19.9 Å². The maximum atomic E-state index is 14.2. The molecule has 0 aliphatic heterocycles. The molecule has 1 N–H and O–H groups in total. The molecular weight excluding hydrogens is 341 g/mol. The summed E-state index contributed by atoms with van der Waals surface area (Å²) in [6.45, 7) is 5.37. The van der Waals surface area contributed by atoms with Gasteiger partial charge in [-0.2, -0.15) is 5.26 Å². The molecule has 0 saturated heterocycles. The number of nitriles is 1. The predicted octanol–water partition coefficient (Wildman–Crippen LogP) is 3.40. The molecule has 0 radical (unpaired) electrons. The summed E-state index contributed by atoms with van der Waals surface area (Å²) in [4.78, 5) is 4.14. The van der Waals surface area contributed by atoms with E-state index in [0.29, 0.717) is 16.7 Å². The fourth-order valence-corrected chi connectivity index (χ4v) is 3.42. The van der Waals surface area contributed by atoms with E-state index < -0.39 is 21.9 Å². The number of aromatic nitrogens is 1. The molecule has 0 amide bonds. The van der Waals surface area contributed by atoms with Gasteiger partial charge in [-0.25, -0.2) is 17.5 Å². The van der Waals surface area contributed by atoms with E-state index in [-0.39, 0.29) is 17.2 Å². The minimum Gasteiger partial charge on any atom is -0.264 e. The van der Waals surface area contributed by atoms with E-state index >= 15 is 0 Å². The van der Waals surface area contributed by atoms with Crippen LogP contribution in [0.25, 0.3) is 11.1 Å². The van der Waals surface area contributed by atoms with Gasteiger partial charge in [0.15, 0.2) is 0 Å². The Kier molecular flexibility index (Phi) is 5.88. The number of halogens is 1. The van der Waals surface area contributed by atoms with Gasteiger partial charge in [0.2, 0.25) is 10.0 Å². The Morgan fingerprint density at radius 1 is 1.28 bits per heavy atom. The first-order chi connectivity index (χ1) is 11.8. The zero-order valence-electron chi connectivity index (χ0n) is 14.3. The number of pyridine rings is 1. The lowest BCUT2D eigenvalue weighted by Gasteiger charge is -2.22. The highest BCUT2D eigenvalue weighted by molar-refractivity contribution is 7.89. The van der Waals surface area contributed by atoms with Crippen LogP contribution in [0.4, 0.5) is 4.39 Å². The number of hydrogen-bond donors (Lipinski definition) is 1. The van der Waals surface area contributed by atoms with Gasteiger partial charge in [-0.1, -0.05) is 19.9 Å². The molecule has 0 bridgehead atoms. The molecule has 5 nitrogen and oxygen atoms in total. The van der Waals surface area contributed by atoms with Crippen LogP contribution in [0.3, 0.4) is 0 Å². The maximum absolute atomic E-state index is 14.2. The van der Waals surface area contributed by atoms with Crippen molar-refractivity contribution in [3.05, 3.63) is 53.6 Å². The highest BCUT2D eigenvalue weighted by Gasteiger charge is 2.22. The lowest BCUT2D eigenvalue weighted by Crippen LogP contribution is -2.33. The highest BCUT2D eigenvalue weighted by Crippen LogP contribution is 2.28. The topological polar surface area (TPSA) is 82.8 Å².